The molecule has 0 aliphatic carbocycles. The van der Waals surface area contributed by atoms with E-state index in [2.05, 4.69) is 20.1 Å². The molecule has 164 valence electrons. The number of carbonyl (C=O) groups excluding carboxylic acids is 1. The van der Waals surface area contributed by atoms with Crippen LogP contribution in [-0.2, 0) is 4.79 Å². The lowest BCUT2D eigenvalue weighted by Crippen LogP contribution is -2.50. The van der Waals surface area contributed by atoms with Crippen LogP contribution in [0.5, 0.6) is 11.5 Å². The van der Waals surface area contributed by atoms with Gasteiger partial charge in [0, 0.05) is 49.7 Å². The molecule has 1 fully saturated rings. The normalized spacial score (nSPS) is 15.5. The number of imidazole rings is 1. The summed E-state index contributed by atoms with van der Waals surface area (Å²) in [6.07, 6.45) is 5.24. The number of hydrogen-bond acceptors (Lipinski definition) is 6. The van der Waals surface area contributed by atoms with Crippen molar-refractivity contribution in [3.05, 3.63) is 90.5 Å². The zero-order valence-corrected chi connectivity index (χ0v) is 17.9. The average Bonchev–Trinajstić information content (AvgIpc) is 3.42. The van der Waals surface area contributed by atoms with Crippen LogP contribution in [0, 0.1) is 0 Å². The Morgan fingerprint density at radius 1 is 0.818 bits per heavy atom. The Labute approximate surface area is 191 Å². The third kappa shape index (κ3) is 3.49. The van der Waals surface area contributed by atoms with Crippen molar-refractivity contribution in [2.45, 2.75) is 5.92 Å². The van der Waals surface area contributed by atoms with E-state index in [4.69, 9.17) is 4.74 Å². The van der Waals surface area contributed by atoms with Crippen molar-refractivity contribution in [3.63, 3.8) is 0 Å². The highest BCUT2D eigenvalue weighted by Crippen LogP contribution is 2.44. The Morgan fingerprint density at radius 2 is 1.45 bits per heavy atom. The number of amides is 1. The molecule has 2 aliphatic rings. The zero-order chi connectivity index (χ0) is 22.2. The summed E-state index contributed by atoms with van der Waals surface area (Å²) in [4.78, 5) is 21.9. The van der Waals surface area contributed by atoms with Crippen LogP contribution in [0.25, 0.3) is 5.82 Å². The second-order valence-electron chi connectivity index (χ2n) is 8.14. The summed E-state index contributed by atoms with van der Waals surface area (Å²) in [5.74, 6) is 2.80. The summed E-state index contributed by atoms with van der Waals surface area (Å²) in [5.41, 5.74) is 1.84. The Morgan fingerprint density at radius 3 is 2.06 bits per heavy atom. The third-order valence-corrected chi connectivity index (χ3v) is 6.25. The largest absolute Gasteiger partial charge is 0.457 e. The molecule has 0 unspecified atom stereocenters. The first-order valence-electron chi connectivity index (χ1n) is 11.0. The molecule has 2 aromatic heterocycles. The van der Waals surface area contributed by atoms with E-state index in [9.17, 15) is 4.79 Å². The number of piperazine rings is 1. The van der Waals surface area contributed by atoms with Crippen LogP contribution < -0.4 is 9.64 Å². The SMILES string of the molecule is O=C(C1c2ccccc2Oc2ccccc21)N1CCN(c2ccc(-n3ccnc3)nn2)CC1. The number of hydrogen-bond donors (Lipinski definition) is 0. The van der Waals surface area contributed by atoms with E-state index >= 15 is 0 Å². The predicted molar refractivity (Wildman–Crippen MR) is 123 cm³/mol. The average molecular weight is 438 g/mol. The molecular formula is C25H22N6O2. The third-order valence-electron chi connectivity index (χ3n) is 6.25. The van der Waals surface area contributed by atoms with Gasteiger partial charge in [0.05, 0.1) is 5.92 Å². The number of carbonyl (C=O) groups is 1. The van der Waals surface area contributed by atoms with Gasteiger partial charge in [-0.2, -0.15) is 0 Å². The smallest absolute Gasteiger partial charge is 0.234 e. The molecule has 0 radical (unpaired) electrons. The van der Waals surface area contributed by atoms with E-state index in [1.807, 2.05) is 76.3 Å². The lowest BCUT2D eigenvalue weighted by atomic mass is 9.86. The fraction of sp³-hybridized carbons (Fsp3) is 0.200. The highest BCUT2D eigenvalue weighted by Gasteiger charge is 2.36. The maximum Gasteiger partial charge on any atom is 0.234 e. The van der Waals surface area contributed by atoms with Crippen LogP contribution in [0.2, 0.25) is 0 Å². The number of para-hydroxylation sites is 2. The van der Waals surface area contributed by atoms with Crippen LogP contribution in [0.15, 0.2) is 79.4 Å². The summed E-state index contributed by atoms with van der Waals surface area (Å²) in [6, 6.07) is 19.5. The number of nitrogens with zero attached hydrogens (tertiary/aromatic N) is 6. The maximum atomic E-state index is 13.7. The molecule has 0 saturated carbocycles. The molecule has 4 heterocycles. The predicted octanol–water partition coefficient (Wildman–Crippen LogP) is 3.25. The Balaban J connectivity index is 1.19. The molecule has 1 saturated heterocycles. The van der Waals surface area contributed by atoms with E-state index in [1.54, 1.807) is 12.5 Å². The zero-order valence-electron chi connectivity index (χ0n) is 17.9. The summed E-state index contributed by atoms with van der Waals surface area (Å²) < 4.78 is 7.87. The minimum Gasteiger partial charge on any atom is -0.457 e. The molecule has 8 heteroatoms. The van der Waals surface area contributed by atoms with Crippen molar-refractivity contribution in [2.24, 2.45) is 0 Å². The highest BCUT2D eigenvalue weighted by atomic mass is 16.5. The maximum absolute atomic E-state index is 13.7. The van der Waals surface area contributed by atoms with Gasteiger partial charge in [0.2, 0.25) is 5.91 Å². The Kier molecular flexibility index (Phi) is 4.75. The van der Waals surface area contributed by atoms with E-state index in [0.29, 0.717) is 26.2 Å². The molecule has 0 spiro atoms. The van der Waals surface area contributed by atoms with E-state index < -0.39 is 0 Å². The Bertz CT molecular complexity index is 1240. The van der Waals surface area contributed by atoms with E-state index in [1.165, 1.54) is 0 Å². The van der Waals surface area contributed by atoms with Gasteiger partial charge >= 0.3 is 0 Å². The summed E-state index contributed by atoms with van der Waals surface area (Å²) in [5, 5.41) is 8.70. The van der Waals surface area contributed by atoms with Crippen LogP contribution in [0.3, 0.4) is 0 Å². The minimum atomic E-state index is -0.355. The number of benzene rings is 2. The molecule has 0 bridgehead atoms. The summed E-state index contributed by atoms with van der Waals surface area (Å²) in [6.45, 7) is 2.67. The number of anilines is 1. The van der Waals surface area contributed by atoms with Gasteiger partial charge in [-0.15, -0.1) is 10.2 Å². The molecule has 2 aromatic carbocycles. The van der Waals surface area contributed by atoms with E-state index in [-0.39, 0.29) is 11.8 Å². The van der Waals surface area contributed by atoms with Gasteiger partial charge in [0.15, 0.2) is 11.6 Å². The quantitative estimate of drug-likeness (QED) is 0.489. The van der Waals surface area contributed by atoms with Crippen LogP contribution in [-0.4, -0.2) is 56.7 Å². The molecule has 1 amide bonds. The summed E-state index contributed by atoms with van der Waals surface area (Å²) >= 11 is 0. The van der Waals surface area contributed by atoms with Gasteiger partial charge in [-0.05, 0) is 24.3 Å². The second kappa shape index (κ2) is 8.05. The van der Waals surface area contributed by atoms with E-state index in [0.717, 1.165) is 34.3 Å². The van der Waals surface area contributed by atoms with Crippen molar-refractivity contribution in [1.29, 1.82) is 0 Å². The first-order valence-corrected chi connectivity index (χ1v) is 11.0. The Hall–Kier alpha value is -4.20. The van der Waals surface area contributed by atoms with Gasteiger partial charge in [-0.25, -0.2) is 4.98 Å². The first-order chi connectivity index (χ1) is 16.3. The molecule has 8 nitrogen and oxygen atoms in total. The standard InChI is InChI=1S/C25H22N6O2/c32-25(24-18-5-1-3-7-20(18)33-21-8-4-2-6-19(21)24)30-15-13-29(14-16-30)22-9-10-23(28-27-22)31-12-11-26-17-31/h1-12,17,24H,13-16H2. The first kappa shape index (κ1) is 19.5. The van der Waals surface area contributed by atoms with Crippen LogP contribution in [0.4, 0.5) is 5.82 Å². The summed E-state index contributed by atoms with van der Waals surface area (Å²) in [7, 11) is 0. The van der Waals surface area contributed by atoms with Crippen LogP contribution in [0.1, 0.15) is 17.0 Å². The van der Waals surface area contributed by atoms with Crippen molar-refractivity contribution >= 4 is 11.7 Å². The lowest BCUT2D eigenvalue weighted by molar-refractivity contribution is -0.132. The fourth-order valence-electron chi connectivity index (χ4n) is 4.53. The second-order valence-corrected chi connectivity index (χ2v) is 8.14. The van der Waals surface area contributed by atoms with Crippen molar-refractivity contribution < 1.29 is 9.53 Å². The van der Waals surface area contributed by atoms with Crippen molar-refractivity contribution in [2.75, 3.05) is 31.1 Å². The minimum absolute atomic E-state index is 0.111. The molecule has 4 aromatic rings. The molecule has 33 heavy (non-hydrogen) atoms. The number of fused-ring (bicyclic) bond motifs is 2. The number of aromatic nitrogens is 4. The van der Waals surface area contributed by atoms with Crippen LogP contribution >= 0.6 is 0 Å². The topological polar surface area (TPSA) is 76.4 Å². The molecular weight excluding hydrogens is 416 g/mol. The number of rotatable bonds is 3. The van der Waals surface area contributed by atoms with Gasteiger partial charge in [-0.3, -0.25) is 9.36 Å². The molecule has 0 atom stereocenters. The monoisotopic (exact) mass is 438 g/mol. The molecule has 2 aliphatic heterocycles. The molecule has 0 N–H and O–H groups in total. The highest BCUT2D eigenvalue weighted by molar-refractivity contribution is 5.90. The number of ether oxygens (including phenoxy) is 1. The van der Waals surface area contributed by atoms with Gasteiger partial charge in [0.1, 0.15) is 17.8 Å². The fourth-order valence-corrected chi connectivity index (χ4v) is 4.53. The molecule has 6 rings (SSSR count). The van der Waals surface area contributed by atoms with Crippen molar-refractivity contribution in [1.82, 2.24) is 24.6 Å². The lowest BCUT2D eigenvalue weighted by Gasteiger charge is -2.38. The van der Waals surface area contributed by atoms with Gasteiger partial charge in [-0.1, -0.05) is 36.4 Å². The van der Waals surface area contributed by atoms with Gasteiger partial charge in [0.25, 0.3) is 0 Å². The van der Waals surface area contributed by atoms with Crippen molar-refractivity contribution in [3.8, 4) is 17.3 Å². The van der Waals surface area contributed by atoms with Gasteiger partial charge < -0.3 is 14.5 Å².